The molecule has 0 saturated heterocycles. The molecule has 90 valence electrons. The molecule has 1 aromatic heterocycles. The fourth-order valence-corrected chi connectivity index (χ4v) is 1.38. The number of carbonyl (C=O) groups excluding carboxylic acids is 1. The summed E-state index contributed by atoms with van der Waals surface area (Å²) < 4.78 is 4.87. The Hall–Kier alpha value is -1.36. The zero-order valence-electron chi connectivity index (χ0n) is 9.66. The van der Waals surface area contributed by atoms with E-state index in [-0.39, 0.29) is 5.91 Å². The van der Waals surface area contributed by atoms with Crippen LogP contribution in [-0.2, 0) is 16.0 Å². The van der Waals surface area contributed by atoms with E-state index in [0.29, 0.717) is 19.6 Å². The minimum atomic E-state index is 0.0940. The second kappa shape index (κ2) is 7.87. The molecule has 0 aliphatic heterocycles. The predicted molar refractivity (Wildman–Crippen MR) is 61.0 cm³/mol. The second-order valence-corrected chi connectivity index (χ2v) is 3.59. The zero-order chi connectivity index (χ0) is 11.6. The van der Waals surface area contributed by atoms with Gasteiger partial charge in [-0.25, -0.2) is 4.98 Å². The Morgan fingerprint density at radius 2 is 2.44 bits per heavy atom. The van der Waals surface area contributed by atoms with E-state index in [1.54, 1.807) is 19.5 Å². The first-order valence-electron chi connectivity index (χ1n) is 5.57. The third-order valence-electron chi connectivity index (χ3n) is 2.22. The quantitative estimate of drug-likeness (QED) is 0.645. The van der Waals surface area contributed by atoms with E-state index >= 15 is 0 Å². The Kier molecular flexibility index (Phi) is 6.25. The molecule has 1 amide bonds. The lowest BCUT2D eigenvalue weighted by molar-refractivity contribution is -0.121. The molecule has 0 atom stereocenters. The number of hydrogen-bond acceptors (Lipinski definition) is 3. The van der Waals surface area contributed by atoms with Gasteiger partial charge in [-0.1, -0.05) is 0 Å². The van der Waals surface area contributed by atoms with Crippen LogP contribution < -0.4 is 5.32 Å². The van der Waals surface area contributed by atoms with Crippen molar-refractivity contribution in [2.45, 2.75) is 25.7 Å². The zero-order valence-corrected chi connectivity index (χ0v) is 9.66. The Labute approximate surface area is 95.6 Å². The molecule has 0 saturated carbocycles. The lowest BCUT2D eigenvalue weighted by Crippen LogP contribution is -2.24. The van der Waals surface area contributed by atoms with Gasteiger partial charge in [0.1, 0.15) is 5.82 Å². The summed E-state index contributed by atoms with van der Waals surface area (Å²) in [4.78, 5) is 18.4. The van der Waals surface area contributed by atoms with Crippen LogP contribution in [-0.4, -0.2) is 36.1 Å². The molecule has 0 spiro atoms. The van der Waals surface area contributed by atoms with Gasteiger partial charge < -0.3 is 15.0 Å². The summed E-state index contributed by atoms with van der Waals surface area (Å²) >= 11 is 0. The van der Waals surface area contributed by atoms with Crippen LogP contribution in [0.5, 0.6) is 0 Å². The van der Waals surface area contributed by atoms with E-state index in [1.807, 2.05) is 0 Å². The molecular weight excluding hydrogens is 206 g/mol. The van der Waals surface area contributed by atoms with Gasteiger partial charge in [-0.15, -0.1) is 0 Å². The number of aromatic nitrogens is 2. The van der Waals surface area contributed by atoms with Gasteiger partial charge in [-0.2, -0.15) is 0 Å². The SMILES string of the molecule is COCCCC(=O)NCCCc1ncc[nH]1. The average Bonchev–Trinajstić information content (AvgIpc) is 2.78. The van der Waals surface area contributed by atoms with Gasteiger partial charge in [-0.05, 0) is 12.8 Å². The van der Waals surface area contributed by atoms with Crippen molar-refractivity contribution < 1.29 is 9.53 Å². The van der Waals surface area contributed by atoms with E-state index in [0.717, 1.165) is 25.1 Å². The minimum absolute atomic E-state index is 0.0940. The lowest BCUT2D eigenvalue weighted by Gasteiger charge is -2.03. The Morgan fingerprint density at radius 3 is 3.12 bits per heavy atom. The summed E-state index contributed by atoms with van der Waals surface area (Å²) in [6.45, 7) is 1.34. The molecule has 0 unspecified atom stereocenters. The van der Waals surface area contributed by atoms with Crippen molar-refractivity contribution in [2.75, 3.05) is 20.3 Å². The smallest absolute Gasteiger partial charge is 0.220 e. The summed E-state index contributed by atoms with van der Waals surface area (Å²) in [6, 6.07) is 0. The summed E-state index contributed by atoms with van der Waals surface area (Å²) in [6.07, 6.45) is 6.63. The number of hydrogen-bond donors (Lipinski definition) is 2. The van der Waals surface area contributed by atoms with E-state index in [4.69, 9.17) is 4.74 Å². The van der Waals surface area contributed by atoms with Crippen molar-refractivity contribution in [3.05, 3.63) is 18.2 Å². The third kappa shape index (κ3) is 5.50. The van der Waals surface area contributed by atoms with Gasteiger partial charge >= 0.3 is 0 Å². The first-order chi connectivity index (χ1) is 7.83. The van der Waals surface area contributed by atoms with Gasteiger partial charge in [0.15, 0.2) is 0 Å². The van der Waals surface area contributed by atoms with Crippen LogP contribution in [0.15, 0.2) is 12.4 Å². The number of nitrogens with zero attached hydrogens (tertiary/aromatic N) is 1. The maximum absolute atomic E-state index is 11.3. The Morgan fingerprint density at radius 1 is 1.56 bits per heavy atom. The largest absolute Gasteiger partial charge is 0.385 e. The van der Waals surface area contributed by atoms with Gasteiger partial charge in [0, 0.05) is 45.5 Å². The summed E-state index contributed by atoms with van der Waals surface area (Å²) in [7, 11) is 1.64. The van der Waals surface area contributed by atoms with Crippen LogP contribution >= 0.6 is 0 Å². The van der Waals surface area contributed by atoms with Crippen molar-refractivity contribution in [3.63, 3.8) is 0 Å². The highest BCUT2D eigenvalue weighted by molar-refractivity contribution is 5.75. The molecule has 0 bridgehead atoms. The number of imidazole rings is 1. The van der Waals surface area contributed by atoms with E-state index in [1.165, 1.54) is 0 Å². The van der Waals surface area contributed by atoms with Gasteiger partial charge in [-0.3, -0.25) is 4.79 Å². The number of carbonyl (C=O) groups is 1. The van der Waals surface area contributed by atoms with E-state index in [9.17, 15) is 4.79 Å². The Balaban J connectivity index is 1.96. The third-order valence-corrected chi connectivity index (χ3v) is 2.22. The number of H-pyrrole nitrogens is 1. The van der Waals surface area contributed by atoms with Crippen molar-refractivity contribution in [1.29, 1.82) is 0 Å². The maximum Gasteiger partial charge on any atom is 0.220 e. The first kappa shape index (κ1) is 12.7. The van der Waals surface area contributed by atoms with Crippen LogP contribution in [0.2, 0.25) is 0 Å². The van der Waals surface area contributed by atoms with Crippen LogP contribution in [0.4, 0.5) is 0 Å². The summed E-state index contributed by atoms with van der Waals surface area (Å²) in [5, 5.41) is 2.87. The number of rotatable bonds is 8. The highest BCUT2D eigenvalue weighted by Crippen LogP contribution is 1.94. The van der Waals surface area contributed by atoms with Crippen molar-refractivity contribution in [2.24, 2.45) is 0 Å². The molecule has 1 rings (SSSR count). The molecule has 0 aliphatic carbocycles. The van der Waals surface area contributed by atoms with E-state index in [2.05, 4.69) is 15.3 Å². The van der Waals surface area contributed by atoms with Gasteiger partial charge in [0.25, 0.3) is 0 Å². The number of methoxy groups -OCH3 is 1. The molecule has 5 nitrogen and oxygen atoms in total. The molecule has 5 heteroatoms. The Bertz CT molecular complexity index is 285. The van der Waals surface area contributed by atoms with Crippen LogP contribution in [0, 0.1) is 0 Å². The predicted octanol–water partition coefficient (Wildman–Crippen LogP) is 0.885. The summed E-state index contributed by atoms with van der Waals surface area (Å²) in [5.74, 6) is 1.06. The summed E-state index contributed by atoms with van der Waals surface area (Å²) in [5.41, 5.74) is 0. The first-order valence-corrected chi connectivity index (χ1v) is 5.57. The van der Waals surface area contributed by atoms with Crippen molar-refractivity contribution in [1.82, 2.24) is 15.3 Å². The number of ether oxygens (including phenoxy) is 1. The average molecular weight is 225 g/mol. The monoisotopic (exact) mass is 225 g/mol. The number of aryl methyl sites for hydroxylation is 1. The number of aromatic amines is 1. The molecule has 0 radical (unpaired) electrons. The highest BCUT2D eigenvalue weighted by atomic mass is 16.5. The molecule has 1 heterocycles. The number of amides is 1. The topological polar surface area (TPSA) is 67.0 Å². The highest BCUT2D eigenvalue weighted by Gasteiger charge is 2.00. The molecule has 2 N–H and O–H groups in total. The molecular formula is C11H19N3O2. The molecule has 0 fully saturated rings. The molecule has 16 heavy (non-hydrogen) atoms. The van der Waals surface area contributed by atoms with Crippen LogP contribution in [0.3, 0.4) is 0 Å². The fourth-order valence-electron chi connectivity index (χ4n) is 1.38. The number of nitrogens with one attached hydrogen (secondary N) is 2. The van der Waals surface area contributed by atoms with Crippen molar-refractivity contribution >= 4 is 5.91 Å². The molecule has 0 aromatic carbocycles. The minimum Gasteiger partial charge on any atom is -0.385 e. The van der Waals surface area contributed by atoms with E-state index < -0.39 is 0 Å². The van der Waals surface area contributed by atoms with Crippen LogP contribution in [0.25, 0.3) is 0 Å². The van der Waals surface area contributed by atoms with Crippen molar-refractivity contribution in [3.8, 4) is 0 Å². The lowest BCUT2D eigenvalue weighted by atomic mass is 10.2. The second-order valence-electron chi connectivity index (χ2n) is 3.59. The normalized spacial score (nSPS) is 10.3. The van der Waals surface area contributed by atoms with Gasteiger partial charge in [0.05, 0.1) is 0 Å². The standard InChI is InChI=1S/C11H19N3O2/c1-16-9-3-5-11(15)14-6-2-4-10-12-7-8-13-10/h7-8H,2-6,9H2,1H3,(H,12,13)(H,14,15). The fraction of sp³-hybridized carbons (Fsp3) is 0.636. The van der Waals surface area contributed by atoms with Crippen LogP contribution in [0.1, 0.15) is 25.1 Å². The molecule has 0 aliphatic rings. The molecule has 1 aromatic rings. The van der Waals surface area contributed by atoms with Gasteiger partial charge in [0.2, 0.25) is 5.91 Å². The maximum atomic E-state index is 11.3.